The normalized spacial score (nSPS) is 10.1. The molecule has 0 N–H and O–H groups in total. The number of hydrogen-bond donors (Lipinski definition) is 0. The Morgan fingerprint density at radius 3 is 2.54 bits per heavy atom. The first-order chi connectivity index (χ1) is 12.2. The maximum atomic E-state index is 7.22. The summed E-state index contributed by atoms with van der Waals surface area (Å²) in [6.45, 7) is 16.2. The van der Waals surface area contributed by atoms with E-state index in [9.17, 15) is 0 Å². The molecule has 26 heavy (non-hydrogen) atoms. The molecule has 0 aliphatic heterocycles. The fraction of sp³-hybridized carbons (Fsp3) is 0.0526. The molecule has 0 aliphatic rings. The van der Waals surface area contributed by atoms with Crippen LogP contribution in [-0.4, -0.2) is 14.5 Å². The van der Waals surface area contributed by atoms with Gasteiger partial charge in [0.05, 0.1) is 24.6 Å². The molecule has 6 nitrogen and oxygen atoms in total. The van der Waals surface area contributed by atoms with Gasteiger partial charge in [-0.15, -0.1) is 23.8 Å². The van der Waals surface area contributed by atoms with E-state index in [0.717, 1.165) is 11.1 Å². The Bertz CT molecular complexity index is 1160. The van der Waals surface area contributed by atoms with E-state index in [0.29, 0.717) is 34.4 Å². The summed E-state index contributed by atoms with van der Waals surface area (Å²) in [6.07, 6.45) is 3.46. The number of aryl methyl sites for hydroxylation is 1. The average molecular weight is 517 g/mol. The molecule has 4 rings (SSSR count). The van der Waals surface area contributed by atoms with E-state index in [1.54, 1.807) is 43.6 Å². The van der Waals surface area contributed by atoms with Crippen molar-refractivity contribution in [2.75, 3.05) is 0 Å². The van der Waals surface area contributed by atoms with Gasteiger partial charge in [-0.1, -0.05) is 6.07 Å². The van der Waals surface area contributed by atoms with Gasteiger partial charge in [0.1, 0.15) is 0 Å². The second-order valence-electron chi connectivity index (χ2n) is 5.38. The van der Waals surface area contributed by atoms with Crippen LogP contribution in [0.5, 0.6) is 0 Å². The minimum absolute atomic E-state index is 0. The van der Waals surface area contributed by atoms with E-state index in [1.807, 2.05) is 10.6 Å². The van der Waals surface area contributed by atoms with Gasteiger partial charge in [-0.25, -0.2) is 14.7 Å². The summed E-state index contributed by atoms with van der Waals surface area (Å²) in [5.74, 6) is 1.25. The van der Waals surface area contributed by atoms with Crippen molar-refractivity contribution in [2.45, 2.75) is 6.92 Å². The van der Waals surface area contributed by atoms with Crippen LogP contribution in [0.15, 0.2) is 47.1 Å². The fourth-order valence-electron chi connectivity index (χ4n) is 2.68. The molecule has 0 spiro atoms. The molecule has 0 unspecified atom stereocenters. The standard InChI is InChI=1S/C19H10N5O.Ir/c1-12-23-17-8-13(4-5-18(17)25-12)19-22-6-7-24(19)16-10-14(20-2)9-15(11-16)21-3;/h5-11H,1H3;/q-1;. The van der Waals surface area contributed by atoms with Crippen LogP contribution >= 0.6 is 0 Å². The second-order valence-corrected chi connectivity index (χ2v) is 5.38. The number of hydrogen-bond acceptors (Lipinski definition) is 3. The van der Waals surface area contributed by atoms with Gasteiger partial charge in [-0.2, -0.15) is 0 Å². The fourth-order valence-corrected chi connectivity index (χ4v) is 2.68. The molecule has 0 fully saturated rings. The predicted octanol–water partition coefficient (Wildman–Crippen LogP) is 4.89. The maximum absolute atomic E-state index is 7.22. The van der Waals surface area contributed by atoms with Crippen LogP contribution in [0.25, 0.3) is 37.9 Å². The molecule has 0 amide bonds. The zero-order valence-corrected chi connectivity index (χ0v) is 15.9. The molecule has 0 saturated carbocycles. The number of rotatable bonds is 2. The zero-order valence-electron chi connectivity index (χ0n) is 13.5. The molecule has 2 aromatic carbocycles. The number of imidazole rings is 1. The van der Waals surface area contributed by atoms with Crippen LogP contribution in [0.4, 0.5) is 11.4 Å². The first kappa shape index (κ1) is 17.6. The van der Waals surface area contributed by atoms with Crippen LogP contribution in [0, 0.1) is 26.1 Å². The Kier molecular flexibility index (Phi) is 4.69. The number of oxazole rings is 1. The SMILES string of the molecule is [C-]#[N+]c1cc([N+]#[C-])cc(-n2ccnc2-c2[c-]cc3oc(C)nc3c2)c1.[Ir]. The van der Waals surface area contributed by atoms with E-state index in [1.165, 1.54) is 0 Å². The Morgan fingerprint density at radius 1 is 1.12 bits per heavy atom. The summed E-state index contributed by atoms with van der Waals surface area (Å²) >= 11 is 0. The summed E-state index contributed by atoms with van der Waals surface area (Å²) < 4.78 is 7.31. The second kappa shape index (κ2) is 6.93. The van der Waals surface area contributed by atoms with Crippen LogP contribution < -0.4 is 0 Å². The Hall–Kier alpha value is -3.25. The molecule has 7 heteroatoms. The Balaban J connectivity index is 0.00000196. The summed E-state index contributed by atoms with van der Waals surface area (Å²) in [5, 5.41) is 0. The predicted molar refractivity (Wildman–Crippen MR) is 92.7 cm³/mol. The van der Waals surface area contributed by atoms with Crippen LogP contribution in [0.1, 0.15) is 5.89 Å². The maximum Gasteiger partial charge on any atom is 0.180 e. The van der Waals surface area contributed by atoms with Gasteiger partial charge in [0.25, 0.3) is 0 Å². The molecule has 0 saturated heterocycles. The number of benzene rings is 2. The topological polar surface area (TPSA) is 52.6 Å². The smallest absolute Gasteiger partial charge is 0.180 e. The molecule has 0 atom stereocenters. The molecule has 2 aromatic heterocycles. The van der Waals surface area contributed by atoms with Gasteiger partial charge in [0.2, 0.25) is 0 Å². The largest absolute Gasteiger partial charge is 0.488 e. The molecule has 127 valence electrons. The van der Waals surface area contributed by atoms with E-state index >= 15 is 0 Å². The van der Waals surface area contributed by atoms with E-state index in [-0.39, 0.29) is 20.1 Å². The number of nitrogens with zero attached hydrogens (tertiary/aromatic N) is 5. The van der Waals surface area contributed by atoms with Crippen molar-refractivity contribution in [1.82, 2.24) is 14.5 Å². The van der Waals surface area contributed by atoms with Gasteiger partial charge in [0, 0.05) is 50.6 Å². The van der Waals surface area contributed by atoms with E-state index in [4.69, 9.17) is 17.6 Å². The summed E-state index contributed by atoms with van der Waals surface area (Å²) in [4.78, 5) is 15.6. The van der Waals surface area contributed by atoms with Crippen molar-refractivity contribution in [2.24, 2.45) is 0 Å². The third-order valence-corrected chi connectivity index (χ3v) is 3.73. The zero-order chi connectivity index (χ0) is 17.4. The van der Waals surface area contributed by atoms with Crippen molar-refractivity contribution >= 4 is 22.5 Å². The van der Waals surface area contributed by atoms with Crippen molar-refractivity contribution in [3.05, 3.63) is 77.5 Å². The van der Waals surface area contributed by atoms with Crippen LogP contribution in [-0.2, 0) is 20.1 Å². The third-order valence-electron chi connectivity index (χ3n) is 3.73. The molecule has 4 aromatic rings. The number of fused-ring (bicyclic) bond motifs is 1. The minimum atomic E-state index is 0. The van der Waals surface area contributed by atoms with Crippen LogP contribution in [0.2, 0.25) is 0 Å². The van der Waals surface area contributed by atoms with Crippen molar-refractivity contribution < 1.29 is 24.5 Å². The summed E-state index contributed by atoms with van der Waals surface area (Å²) in [6, 6.07) is 11.8. The minimum Gasteiger partial charge on any atom is -0.488 e. The average Bonchev–Trinajstić information content (AvgIpc) is 3.25. The Morgan fingerprint density at radius 2 is 1.85 bits per heavy atom. The molecule has 0 bridgehead atoms. The van der Waals surface area contributed by atoms with Gasteiger partial charge in [0.15, 0.2) is 17.3 Å². The molecule has 0 aliphatic carbocycles. The van der Waals surface area contributed by atoms with Crippen molar-refractivity contribution in [3.63, 3.8) is 0 Å². The third kappa shape index (κ3) is 3.02. The summed E-state index contributed by atoms with van der Waals surface area (Å²) in [7, 11) is 0. The van der Waals surface area contributed by atoms with Crippen LogP contribution in [0.3, 0.4) is 0 Å². The van der Waals surface area contributed by atoms with Gasteiger partial charge < -0.3 is 8.98 Å². The van der Waals surface area contributed by atoms with Gasteiger partial charge in [-0.3, -0.25) is 4.98 Å². The first-order valence-electron chi connectivity index (χ1n) is 7.41. The van der Waals surface area contributed by atoms with E-state index in [2.05, 4.69) is 25.7 Å². The van der Waals surface area contributed by atoms with Crippen molar-refractivity contribution in [3.8, 4) is 17.1 Å². The number of aromatic nitrogens is 3. The Labute approximate surface area is 163 Å². The molecule has 2 heterocycles. The quantitative estimate of drug-likeness (QED) is 0.357. The van der Waals surface area contributed by atoms with Gasteiger partial charge >= 0.3 is 0 Å². The molecule has 1 radical (unpaired) electrons. The van der Waals surface area contributed by atoms with E-state index < -0.39 is 0 Å². The molecular weight excluding hydrogens is 506 g/mol. The molecular formula is C19H10IrN5O-. The van der Waals surface area contributed by atoms with Gasteiger partial charge in [-0.05, 0) is 12.1 Å². The summed E-state index contributed by atoms with van der Waals surface area (Å²) in [5.41, 5.74) is 3.69. The van der Waals surface area contributed by atoms with Crippen molar-refractivity contribution in [1.29, 1.82) is 0 Å². The monoisotopic (exact) mass is 517 g/mol. The first-order valence-corrected chi connectivity index (χ1v) is 7.41.